The van der Waals surface area contributed by atoms with E-state index in [0.717, 1.165) is 12.3 Å². The molecule has 1 aliphatic heterocycles. The largest absolute Gasteiger partial charge is 0.462 e. The van der Waals surface area contributed by atoms with Gasteiger partial charge in [-0.3, -0.25) is 4.79 Å². The van der Waals surface area contributed by atoms with E-state index in [4.69, 9.17) is 15.7 Å². The molecule has 3 N–H and O–H groups in total. The van der Waals surface area contributed by atoms with Gasteiger partial charge < -0.3 is 15.8 Å². The second-order valence-corrected chi connectivity index (χ2v) is 6.75. The fraction of sp³-hybridized carbons (Fsp3) is 0.316. The number of pyridine rings is 2. The van der Waals surface area contributed by atoms with Gasteiger partial charge in [-0.1, -0.05) is 6.92 Å². The van der Waals surface area contributed by atoms with Gasteiger partial charge in [0, 0.05) is 17.7 Å². The number of aliphatic imine (C=N–C) groups is 1. The van der Waals surface area contributed by atoms with E-state index in [2.05, 4.69) is 20.3 Å². The number of nitrogens with two attached hydrogens (primary N) is 1. The summed E-state index contributed by atoms with van der Waals surface area (Å²) in [7, 11) is 0. The monoisotopic (exact) mass is 418 g/mol. The third-order valence-corrected chi connectivity index (χ3v) is 4.99. The average molecular weight is 418 g/mol. The maximum absolute atomic E-state index is 14.6. The molecule has 0 radical (unpaired) electrons. The van der Waals surface area contributed by atoms with Crippen LogP contribution in [0.3, 0.4) is 0 Å². The molecular formula is C19H17F3N6O2. The minimum Gasteiger partial charge on any atom is -0.462 e. The van der Waals surface area contributed by atoms with Crippen LogP contribution in [0.4, 0.5) is 18.9 Å². The number of anilines is 1. The molecular weight excluding hydrogens is 401 g/mol. The van der Waals surface area contributed by atoms with Crippen LogP contribution in [0.25, 0.3) is 0 Å². The van der Waals surface area contributed by atoms with Crippen LogP contribution in [-0.4, -0.2) is 34.4 Å². The fourth-order valence-corrected chi connectivity index (χ4v) is 3.22. The van der Waals surface area contributed by atoms with E-state index < -0.39 is 47.4 Å². The molecule has 8 nitrogen and oxygen atoms in total. The molecule has 1 unspecified atom stereocenters. The number of nitrogens with one attached hydrogen (secondary N) is 1. The lowest BCUT2D eigenvalue weighted by Gasteiger charge is -2.41. The molecule has 3 heterocycles. The van der Waals surface area contributed by atoms with Crippen molar-refractivity contribution in [3.8, 4) is 6.07 Å². The van der Waals surface area contributed by atoms with E-state index in [1.165, 1.54) is 32.2 Å². The van der Waals surface area contributed by atoms with Gasteiger partial charge in [-0.25, -0.2) is 23.7 Å². The third kappa shape index (κ3) is 3.63. The van der Waals surface area contributed by atoms with Gasteiger partial charge in [-0.2, -0.15) is 9.65 Å². The molecule has 0 aromatic carbocycles. The molecule has 2 aromatic heterocycles. The molecule has 0 saturated heterocycles. The molecule has 156 valence electrons. The summed E-state index contributed by atoms with van der Waals surface area (Å²) in [6, 6.07) is 5.14. The number of halogens is 3. The fourth-order valence-electron chi connectivity index (χ4n) is 3.22. The summed E-state index contributed by atoms with van der Waals surface area (Å²) in [4.78, 5) is 23.5. The van der Waals surface area contributed by atoms with Crippen LogP contribution >= 0.6 is 0 Å². The summed E-state index contributed by atoms with van der Waals surface area (Å²) in [5, 5.41) is 11.2. The van der Waals surface area contributed by atoms with Gasteiger partial charge in [-0.05, 0) is 25.1 Å². The van der Waals surface area contributed by atoms with Gasteiger partial charge in [0.1, 0.15) is 17.9 Å². The van der Waals surface area contributed by atoms with E-state index in [9.17, 15) is 18.0 Å². The van der Waals surface area contributed by atoms with Crippen molar-refractivity contribution in [2.75, 3.05) is 5.32 Å². The highest BCUT2D eigenvalue weighted by Crippen LogP contribution is 2.45. The first-order valence-corrected chi connectivity index (χ1v) is 8.82. The number of alkyl halides is 2. The Morgan fingerprint density at radius 2 is 2.07 bits per heavy atom. The first kappa shape index (κ1) is 21.0. The lowest BCUT2D eigenvalue weighted by molar-refractivity contribution is -0.0367. The number of rotatable bonds is 4. The van der Waals surface area contributed by atoms with Crippen LogP contribution in [-0.2, 0) is 10.3 Å². The highest BCUT2D eigenvalue weighted by atomic mass is 19.3. The summed E-state index contributed by atoms with van der Waals surface area (Å²) < 4.78 is 48.2. The summed E-state index contributed by atoms with van der Waals surface area (Å²) in [5.41, 5.74) is 2.89. The van der Waals surface area contributed by atoms with Crippen LogP contribution < -0.4 is 11.1 Å². The topological polar surface area (TPSA) is 126 Å². The number of carbonyl (C=O) groups is 1. The molecule has 0 fully saturated rings. The van der Waals surface area contributed by atoms with E-state index >= 15 is 0 Å². The Labute approximate surface area is 169 Å². The lowest BCUT2D eigenvalue weighted by Crippen LogP contribution is -2.51. The SMILES string of the molecule is CC1OC(N)=N[C@](c2cc(NC(=O)c3ccc(C#N)cn3)cnc2F)(C(F)F)[C@@H]1C. The number of nitriles is 1. The summed E-state index contributed by atoms with van der Waals surface area (Å²) >= 11 is 0. The van der Waals surface area contributed by atoms with Crippen LogP contribution in [0.1, 0.15) is 35.5 Å². The Hall–Kier alpha value is -3.68. The molecule has 0 spiro atoms. The first-order chi connectivity index (χ1) is 14.2. The number of amidine groups is 1. The zero-order chi connectivity index (χ0) is 22.1. The van der Waals surface area contributed by atoms with Crippen molar-refractivity contribution in [3.05, 3.63) is 53.4 Å². The van der Waals surface area contributed by atoms with Gasteiger partial charge in [0.2, 0.25) is 5.95 Å². The van der Waals surface area contributed by atoms with Crippen LogP contribution in [0.5, 0.6) is 0 Å². The minimum atomic E-state index is -3.13. The van der Waals surface area contributed by atoms with Crippen molar-refractivity contribution < 1.29 is 22.7 Å². The van der Waals surface area contributed by atoms with E-state index in [1.54, 1.807) is 0 Å². The van der Waals surface area contributed by atoms with Crippen molar-refractivity contribution in [1.29, 1.82) is 5.26 Å². The van der Waals surface area contributed by atoms with Crippen LogP contribution in [0, 0.1) is 23.2 Å². The maximum atomic E-state index is 14.6. The van der Waals surface area contributed by atoms with Gasteiger partial charge >= 0.3 is 0 Å². The summed E-state index contributed by atoms with van der Waals surface area (Å²) in [6.45, 7) is 2.97. The molecule has 0 bridgehead atoms. The average Bonchev–Trinajstić information content (AvgIpc) is 2.72. The Kier molecular flexibility index (Phi) is 5.60. The van der Waals surface area contributed by atoms with Gasteiger partial charge in [0.05, 0.1) is 17.4 Å². The number of hydrogen-bond donors (Lipinski definition) is 2. The lowest BCUT2D eigenvalue weighted by atomic mass is 9.76. The summed E-state index contributed by atoms with van der Waals surface area (Å²) in [5.74, 6) is -2.81. The Morgan fingerprint density at radius 1 is 1.33 bits per heavy atom. The highest BCUT2D eigenvalue weighted by molar-refractivity contribution is 6.02. The number of hydrogen-bond acceptors (Lipinski definition) is 7. The van der Waals surface area contributed by atoms with Crippen molar-refractivity contribution in [2.24, 2.45) is 16.6 Å². The van der Waals surface area contributed by atoms with Gasteiger partial charge in [0.25, 0.3) is 18.4 Å². The van der Waals surface area contributed by atoms with Crippen molar-refractivity contribution in [2.45, 2.75) is 31.9 Å². The Morgan fingerprint density at radius 3 is 2.67 bits per heavy atom. The van der Waals surface area contributed by atoms with Crippen LogP contribution in [0.15, 0.2) is 35.6 Å². The first-order valence-electron chi connectivity index (χ1n) is 8.82. The quantitative estimate of drug-likeness (QED) is 0.735. The van der Waals surface area contributed by atoms with Crippen molar-refractivity contribution in [1.82, 2.24) is 9.97 Å². The zero-order valence-electron chi connectivity index (χ0n) is 15.9. The molecule has 3 atom stereocenters. The van der Waals surface area contributed by atoms with Crippen molar-refractivity contribution in [3.63, 3.8) is 0 Å². The predicted molar refractivity (Wildman–Crippen MR) is 100 cm³/mol. The van der Waals surface area contributed by atoms with E-state index in [-0.39, 0.29) is 16.9 Å². The predicted octanol–water partition coefficient (Wildman–Crippen LogP) is 2.57. The number of ether oxygens (including phenoxy) is 1. The number of aromatic nitrogens is 2. The normalized spacial score (nSPS) is 23.3. The molecule has 1 aliphatic rings. The van der Waals surface area contributed by atoms with Gasteiger partial charge in [-0.15, -0.1) is 0 Å². The van der Waals surface area contributed by atoms with Crippen molar-refractivity contribution >= 4 is 17.6 Å². The van der Waals surface area contributed by atoms with Gasteiger partial charge in [0.15, 0.2) is 5.54 Å². The molecule has 30 heavy (non-hydrogen) atoms. The number of carbonyl (C=O) groups excluding carboxylic acids is 1. The second-order valence-electron chi connectivity index (χ2n) is 6.75. The third-order valence-electron chi connectivity index (χ3n) is 4.99. The molecule has 1 amide bonds. The zero-order valence-corrected chi connectivity index (χ0v) is 15.9. The smallest absolute Gasteiger partial charge is 0.283 e. The molecule has 0 aliphatic carbocycles. The van der Waals surface area contributed by atoms with Crippen LogP contribution in [0.2, 0.25) is 0 Å². The standard InChI is InChI=1S/C19H17F3N6O2/c1-9-10(2)30-18(24)28-19(9,17(21)22)13-5-12(8-26-15(13)20)27-16(29)14-4-3-11(6-23)7-25-14/h3-5,7-10,17H,1-2H3,(H2,24,28)(H,27,29)/t9-,10?,19-/m1/s1. The molecule has 3 rings (SSSR count). The maximum Gasteiger partial charge on any atom is 0.283 e. The van der Waals surface area contributed by atoms with E-state index in [1.807, 2.05) is 6.07 Å². The summed E-state index contributed by atoms with van der Waals surface area (Å²) in [6.07, 6.45) is -1.70. The highest BCUT2D eigenvalue weighted by Gasteiger charge is 2.54. The number of amides is 1. The number of nitrogens with zero attached hydrogens (tertiary/aromatic N) is 4. The molecule has 11 heteroatoms. The Balaban J connectivity index is 2.00. The molecule has 0 saturated carbocycles. The second kappa shape index (κ2) is 7.98. The molecule has 2 aromatic rings. The minimum absolute atomic E-state index is 0.0289. The van der Waals surface area contributed by atoms with E-state index in [0.29, 0.717) is 0 Å². The Bertz CT molecular complexity index is 1040.